The Bertz CT molecular complexity index is 357. The summed E-state index contributed by atoms with van der Waals surface area (Å²) in [4.78, 5) is 11.7. The number of carbonyl (C=O) groups excluding carboxylic acids is 1. The third kappa shape index (κ3) is 2.11. The van der Waals surface area contributed by atoms with Gasteiger partial charge in [0.15, 0.2) is 5.75 Å². The molecule has 1 aromatic heterocycles. The van der Waals surface area contributed by atoms with Crippen molar-refractivity contribution < 1.29 is 9.90 Å². The Labute approximate surface area is 88.1 Å². The standard InChI is InChI=1S/C10H15N3O2/c1-7(13-6-9(14)5-11-13)10(15)12-8-3-2-4-8/h5-8,14H,2-4H2,1H3,(H,12,15). The van der Waals surface area contributed by atoms with Gasteiger partial charge >= 0.3 is 0 Å². The highest BCUT2D eigenvalue weighted by Gasteiger charge is 2.23. The molecule has 5 heteroatoms. The van der Waals surface area contributed by atoms with E-state index in [0.29, 0.717) is 6.04 Å². The highest BCUT2D eigenvalue weighted by Crippen LogP contribution is 2.19. The number of hydrogen-bond donors (Lipinski definition) is 2. The molecule has 0 bridgehead atoms. The average Bonchev–Trinajstić information content (AvgIpc) is 2.56. The van der Waals surface area contributed by atoms with Crippen LogP contribution in [0.1, 0.15) is 32.2 Å². The van der Waals surface area contributed by atoms with Gasteiger partial charge in [-0.3, -0.25) is 9.48 Å². The summed E-state index contributed by atoms with van der Waals surface area (Å²) >= 11 is 0. The SMILES string of the molecule is CC(C(=O)NC1CCC1)n1cc(O)cn1. The number of hydrogen-bond acceptors (Lipinski definition) is 3. The van der Waals surface area contributed by atoms with Crippen molar-refractivity contribution in [2.24, 2.45) is 0 Å². The monoisotopic (exact) mass is 209 g/mol. The second kappa shape index (κ2) is 3.92. The van der Waals surface area contributed by atoms with Gasteiger partial charge in [-0.05, 0) is 26.2 Å². The highest BCUT2D eigenvalue weighted by atomic mass is 16.3. The molecule has 1 amide bonds. The van der Waals surface area contributed by atoms with E-state index in [-0.39, 0.29) is 17.7 Å². The number of rotatable bonds is 3. The normalized spacial score (nSPS) is 18.2. The van der Waals surface area contributed by atoms with Crippen molar-refractivity contribution in [3.63, 3.8) is 0 Å². The Morgan fingerprint density at radius 3 is 2.93 bits per heavy atom. The summed E-state index contributed by atoms with van der Waals surface area (Å²) in [5, 5.41) is 15.9. The first kappa shape index (κ1) is 10.0. The summed E-state index contributed by atoms with van der Waals surface area (Å²) in [6.07, 6.45) is 6.12. The lowest BCUT2D eigenvalue weighted by Gasteiger charge is -2.27. The van der Waals surface area contributed by atoms with E-state index >= 15 is 0 Å². The Hall–Kier alpha value is -1.52. The van der Waals surface area contributed by atoms with E-state index in [1.807, 2.05) is 0 Å². The van der Waals surface area contributed by atoms with Crippen LogP contribution in [0, 0.1) is 0 Å². The minimum atomic E-state index is -0.369. The summed E-state index contributed by atoms with van der Waals surface area (Å²) in [6.45, 7) is 1.76. The van der Waals surface area contributed by atoms with E-state index < -0.39 is 0 Å². The van der Waals surface area contributed by atoms with Gasteiger partial charge in [-0.25, -0.2) is 0 Å². The summed E-state index contributed by atoms with van der Waals surface area (Å²) < 4.78 is 1.46. The Morgan fingerprint density at radius 2 is 2.47 bits per heavy atom. The summed E-state index contributed by atoms with van der Waals surface area (Å²) in [7, 11) is 0. The van der Waals surface area contributed by atoms with Gasteiger partial charge in [0.25, 0.3) is 0 Å². The van der Waals surface area contributed by atoms with Crippen molar-refractivity contribution in [1.82, 2.24) is 15.1 Å². The van der Waals surface area contributed by atoms with Crippen LogP contribution in [0.2, 0.25) is 0 Å². The Balaban J connectivity index is 1.94. The lowest BCUT2D eigenvalue weighted by atomic mass is 9.93. The van der Waals surface area contributed by atoms with Crippen LogP contribution >= 0.6 is 0 Å². The average molecular weight is 209 g/mol. The fourth-order valence-electron chi connectivity index (χ4n) is 1.53. The zero-order valence-electron chi connectivity index (χ0n) is 8.68. The number of carbonyl (C=O) groups is 1. The van der Waals surface area contributed by atoms with Crippen molar-refractivity contribution in [1.29, 1.82) is 0 Å². The first-order valence-corrected chi connectivity index (χ1v) is 5.20. The second-order valence-electron chi connectivity index (χ2n) is 3.99. The van der Waals surface area contributed by atoms with Gasteiger partial charge in [0.1, 0.15) is 6.04 Å². The minimum absolute atomic E-state index is 0.0391. The summed E-state index contributed by atoms with van der Waals surface area (Å²) in [6, 6.07) is -0.0318. The zero-order valence-corrected chi connectivity index (χ0v) is 8.68. The molecule has 2 N–H and O–H groups in total. The van der Waals surface area contributed by atoms with Crippen molar-refractivity contribution in [2.75, 3.05) is 0 Å². The lowest BCUT2D eigenvalue weighted by molar-refractivity contribution is -0.125. The molecule has 82 valence electrons. The molecular weight excluding hydrogens is 194 g/mol. The number of nitrogens with zero attached hydrogens (tertiary/aromatic N) is 2. The number of amides is 1. The maximum absolute atomic E-state index is 11.7. The zero-order chi connectivity index (χ0) is 10.8. The molecule has 2 rings (SSSR count). The molecule has 1 saturated carbocycles. The maximum atomic E-state index is 11.7. The topological polar surface area (TPSA) is 67.2 Å². The molecule has 1 unspecified atom stereocenters. The molecule has 1 heterocycles. The number of aromatic nitrogens is 2. The molecule has 1 atom stereocenters. The lowest BCUT2D eigenvalue weighted by Crippen LogP contribution is -2.42. The van der Waals surface area contributed by atoms with E-state index in [1.165, 1.54) is 23.5 Å². The van der Waals surface area contributed by atoms with E-state index in [4.69, 9.17) is 5.11 Å². The molecule has 0 spiro atoms. The smallest absolute Gasteiger partial charge is 0.244 e. The van der Waals surface area contributed by atoms with Crippen LogP contribution in [0.15, 0.2) is 12.4 Å². The van der Waals surface area contributed by atoms with Crippen molar-refractivity contribution in [2.45, 2.75) is 38.3 Å². The van der Waals surface area contributed by atoms with Crippen molar-refractivity contribution in [3.05, 3.63) is 12.4 Å². The van der Waals surface area contributed by atoms with Crippen LogP contribution in [-0.2, 0) is 4.79 Å². The summed E-state index contributed by atoms with van der Waals surface area (Å²) in [5.74, 6) is 0.0427. The molecule has 15 heavy (non-hydrogen) atoms. The first-order chi connectivity index (χ1) is 7.16. The third-order valence-corrected chi connectivity index (χ3v) is 2.82. The molecule has 0 saturated heterocycles. The second-order valence-corrected chi connectivity index (χ2v) is 3.99. The largest absolute Gasteiger partial charge is 0.505 e. The molecule has 5 nitrogen and oxygen atoms in total. The van der Waals surface area contributed by atoms with Gasteiger partial charge in [0, 0.05) is 6.04 Å². The molecule has 1 aliphatic rings. The fourth-order valence-corrected chi connectivity index (χ4v) is 1.53. The summed E-state index contributed by atoms with van der Waals surface area (Å²) in [5.41, 5.74) is 0. The van der Waals surface area contributed by atoms with Gasteiger partial charge in [-0.15, -0.1) is 0 Å². The fraction of sp³-hybridized carbons (Fsp3) is 0.600. The minimum Gasteiger partial charge on any atom is -0.505 e. The van der Waals surface area contributed by atoms with Crippen LogP contribution in [-0.4, -0.2) is 26.8 Å². The van der Waals surface area contributed by atoms with Crippen LogP contribution < -0.4 is 5.32 Å². The molecular formula is C10H15N3O2. The van der Waals surface area contributed by atoms with Crippen molar-refractivity contribution >= 4 is 5.91 Å². The number of nitrogens with one attached hydrogen (secondary N) is 1. The van der Waals surface area contributed by atoms with Gasteiger partial charge in [-0.2, -0.15) is 5.10 Å². The van der Waals surface area contributed by atoms with E-state index in [9.17, 15) is 4.79 Å². The molecule has 0 aromatic carbocycles. The molecule has 1 aromatic rings. The highest BCUT2D eigenvalue weighted by molar-refractivity contribution is 5.80. The quantitative estimate of drug-likeness (QED) is 0.774. The van der Waals surface area contributed by atoms with Gasteiger partial charge < -0.3 is 10.4 Å². The third-order valence-electron chi connectivity index (χ3n) is 2.82. The van der Waals surface area contributed by atoms with Crippen LogP contribution in [0.4, 0.5) is 0 Å². The Morgan fingerprint density at radius 1 is 1.73 bits per heavy atom. The predicted molar refractivity (Wildman–Crippen MR) is 54.4 cm³/mol. The number of aromatic hydroxyl groups is 1. The molecule has 1 fully saturated rings. The van der Waals surface area contributed by atoms with Gasteiger partial charge in [-0.1, -0.05) is 0 Å². The Kier molecular flexibility index (Phi) is 2.62. The van der Waals surface area contributed by atoms with Crippen LogP contribution in [0.5, 0.6) is 5.75 Å². The van der Waals surface area contributed by atoms with Crippen molar-refractivity contribution in [3.8, 4) is 5.75 Å². The van der Waals surface area contributed by atoms with Gasteiger partial charge in [0.05, 0.1) is 12.4 Å². The predicted octanol–water partition coefficient (Wildman–Crippen LogP) is 0.818. The van der Waals surface area contributed by atoms with E-state index in [2.05, 4.69) is 10.4 Å². The van der Waals surface area contributed by atoms with E-state index in [1.54, 1.807) is 6.92 Å². The van der Waals surface area contributed by atoms with E-state index in [0.717, 1.165) is 12.8 Å². The maximum Gasteiger partial charge on any atom is 0.244 e. The van der Waals surface area contributed by atoms with Gasteiger partial charge in [0.2, 0.25) is 5.91 Å². The molecule has 0 aliphatic heterocycles. The molecule has 0 radical (unpaired) electrons. The van der Waals surface area contributed by atoms with Crippen LogP contribution in [0.25, 0.3) is 0 Å². The molecule has 1 aliphatic carbocycles. The van der Waals surface area contributed by atoms with Crippen LogP contribution in [0.3, 0.4) is 0 Å². The first-order valence-electron chi connectivity index (χ1n) is 5.20.